The quantitative estimate of drug-likeness (QED) is 0.123. The molecule has 0 radical (unpaired) electrons. The van der Waals surface area contributed by atoms with Crippen molar-refractivity contribution in [2.45, 2.75) is 103 Å². The van der Waals surface area contributed by atoms with E-state index in [-0.39, 0.29) is 6.29 Å². The van der Waals surface area contributed by atoms with Crippen LogP contribution in [0.15, 0.2) is 24.3 Å². The lowest BCUT2D eigenvalue weighted by atomic mass is 10.0. The Bertz CT molecular complexity index is 779. The van der Waals surface area contributed by atoms with Crippen LogP contribution < -0.4 is 0 Å². The topological polar surface area (TPSA) is 171 Å². The number of aliphatic hydroxyl groups excluding tert-OH is 5. The summed E-state index contributed by atoms with van der Waals surface area (Å²) < 4.78 is 11.0. The van der Waals surface area contributed by atoms with Gasteiger partial charge < -0.3 is 39.8 Å². The minimum Gasteiger partial charge on any atom is -0.462 e. The second kappa shape index (κ2) is 22.3. The number of carbonyl (C=O) groups excluding carboxylic acids is 3. The van der Waals surface area contributed by atoms with Gasteiger partial charge in [0.2, 0.25) is 0 Å². The molecule has 0 aliphatic carbocycles. The van der Waals surface area contributed by atoms with Crippen molar-refractivity contribution in [1.29, 1.82) is 0 Å². The maximum absolute atomic E-state index is 12.6. The monoisotopic (exact) mass is 570 g/mol. The summed E-state index contributed by atoms with van der Waals surface area (Å²) >= 11 is 0. The number of hydrogen-bond acceptors (Lipinski definition) is 10. The molecule has 0 heterocycles. The summed E-state index contributed by atoms with van der Waals surface area (Å²) in [5.41, 5.74) is 0.582. The van der Waals surface area contributed by atoms with Gasteiger partial charge in [0.15, 0.2) is 6.29 Å². The number of ether oxygens (including phenoxy) is 2. The lowest BCUT2D eigenvalue weighted by Crippen LogP contribution is -2.46. The lowest BCUT2D eigenvalue weighted by molar-refractivity contribution is -0.136. The number of aldehydes is 1. The molecule has 0 amide bonds. The van der Waals surface area contributed by atoms with Gasteiger partial charge in [0.25, 0.3) is 0 Å². The summed E-state index contributed by atoms with van der Waals surface area (Å²) in [6.07, 6.45) is 1.77. The molecule has 2 unspecified atom stereocenters. The van der Waals surface area contributed by atoms with Crippen LogP contribution in [0.4, 0.5) is 0 Å². The summed E-state index contributed by atoms with van der Waals surface area (Å²) in [6.45, 7) is 8.58. The molecule has 0 aliphatic rings. The Morgan fingerprint density at radius 3 is 1.52 bits per heavy atom. The molecule has 1 rings (SSSR count). The van der Waals surface area contributed by atoms with E-state index in [2.05, 4.69) is 27.7 Å². The first-order chi connectivity index (χ1) is 19.1. The van der Waals surface area contributed by atoms with E-state index < -0.39 is 43.0 Å². The highest BCUT2D eigenvalue weighted by Gasteiger charge is 2.29. The highest BCUT2D eigenvalue weighted by molar-refractivity contribution is 6.03. The van der Waals surface area contributed by atoms with Crippen molar-refractivity contribution in [3.63, 3.8) is 0 Å². The number of esters is 2. The minimum atomic E-state index is -1.79. The fraction of sp³-hybridized carbons (Fsp3) is 0.700. The third kappa shape index (κ3) is 14.3. The Morgan fingerprint density at radius 2 is 1.20 bits per heavy atom. The standard InChI is InChI=1S/C24H38O4.C6H12O6/c1-5-9-13-19(7-3)17-27-23(25)21-15-11-12-16-22(21)24(26)28-18-20(8-4)14-10-6-2;7-1-3(9)5(11)6(12)4(10)2-8/h11-12,15-16,19-20H,5-10,13-14,17-18H2,1-4H3;1,3-6,8-12H,2H2/t;3-,4+,5+,6+/m.0/s1. The largest absolute Gasteiger partial charge is 0.462 e. The fourth-order valence-corrected chi connectivity index (χ4v) is 3.80. The summed E-state index contributed by atoms with van der Waals surface area (Å²) in [7, 11) is 0. The van der Waals surface area contributed by atoms with Crippen molar-refractivity contribution in [2.24, 2.45) is 11.8 Å². The SMILES string of the molecule is CCCCC(CC)COC(=O)c1ccccc1C(=O)OCC(CC)CCCC.O=C[C@H](O)[C@@H](O)[C@H](O)[C@H](O)CO. The molecular weight excluding hydrogens is 520 g/mol. The first-order valence-electron chi connectivity index (χ1n) is 14.3. The number of aliphatic hydroxyl groups is 5. The zero-order valence-electron chi connectivity index (χ0n) is 24.4. The van der Waals surface area contributed by atoms with Gasteiger partial charge >= 0.3 is 11.9 Å². The molecule has 0 aliphatic heterocycles. The van der Waals surface area contributed by atoms with Gasteiger partial charge in [0, 0.05) is 0 Å². The molecule has 10 heteroatoms. The highest BCUT2D eigenvalue weighted by atomic mass is 16.5. The Morgan fingerprint density at radius 1 is 0.775 bits per heavy atom. The molecule has 10 nitrogen and oxygen atoms in total. The van der Waals surface area contributed by atoms with Crippen LogP contribution in [0.25, 0.3) is 0 Å². The van der Waals surface area contributed by atoms with Gasteiger partial charge in [0.05, 0.1) is 30.9 Å². The van der Waals surface area contributed by atoms with Crippen LogP contribution in [0.3, 0.4) is 0 Å². The van der Waals surface area contributed by atoms with Gasteiger partial charge in [-0.1, -0.05) is 78.4 Å². The Kier molecular flexibility index (Phi) is 21.0. The molecule has 1 aromatic carbocycles. The molecule has 0 aromatic heterocycles. The van der Waals surface area contributed by atoms with E-state index >= 15 is 0 Å². The summed E-state index contributed by atoms with van der Waals surface area (Å²) in [4.78, 5) is 35.0. The predicted octanol–water partition coefficient (Wildman–Crippen LogP) is 3.05. The Hall–Kier alpha value is -2.37. The maximum atomic E-state index is 12.6. The van der Waals surface area contributed by atoms with Gasteiger partial charge in [-0.2, -0.15) is 0 Å². The minimum absolute atomic E-state index is 0.0258. The molecule has 40 heavy (non-hydrogen) atoms. The van der Waals surface area contributed by atoms with E-state index in [1.807, 2.05) is 0 Å². The third-order valence-corrected chi connectivity index (χ3v) is 6.77. The maximum Gasteiger partial charge on any atom is 0.339 e. The van der Waals surface area contributed by atoms with Gasteiger partial charge in [-0.05, 0) is 36.8 Å². The van der Waals surface area contributed by atoms with Crippen LogP contribution in [-0.4, -0.2) is 88.0 Å². The molecule has 230 valence electrons. The summed E-state index contributed by atoms with van der Waals surface area (Å²) in [5, 5.41) is 43.5. The van der Waals surface area contributed by atoms with Crippen LogP contribution in [0.1, 0.15) is 99.8 Å². The van der Waals surface area contributed by atoms with Crippen LogP contribution in [-0.2, 0) is 14.3 Å². The predicted molar refractivity (Wildman–Crippen MR) is 151 cm³/mol. The van der Waals surface area contributed by atoms with E-state index in [1.165, 1.54) is 0 Å². The van der Waals surface area contributed by atoms with E-state index in [0.717, 1.165) is 51.4 Å². The highest BCUT2D eigenvalue weighted by Crippen LogP contribution is 2.18. The van der Waals surface area contributed by atoms with E-state index in [4.69, 9.17) is 35.0 Å². The van der Waals surface area contributed by atoms with E-state index in [9.17, 15) is 14.4 Å². The van der Waals surface area contributed by atoms with Crippen LogP contribution >= 0.6 is 0 Å². The molecule has 5 N–H and O–H groups in total. The summed E-state index contributed by atoms with van der Waals surface area (Å²) in [5.74, 6) is -0.153. The first-order valence-corrected chi connectivity index (χ1v) is 14.3. The number of benzene rings is 1. The summed E-state index contributed by atoms with van der Waals surface area (Å²) in [6, 6.07) is 6.77. The first kappa shape index (κ1) is 37.6. The normalized spacial score (nSPS) is 15.4. The second-order valence-electron chi connectivity index (χ2n) is 9.93. The van der Waals surface area contributed by atoms with Crippen LogP contribution in [0, 0.1) is 11.8 Å². The van der Waals surface area contributed by atoms with Crippen molar-refractivity contribution in [3.05, 3.63) is 35.4 Å². The van der Waals surface area contributed by atoms with Crippen molar-refractivity contribution >= 4 is 18.2 Å². The molecule has 0 spiro atoms. The van der Waals surface area contributed by atoms with Gasteiger partial charge in [-0.25, -0.2) is 9.59 Å². The average molecular weight is 571 g/mol. The van der Waals surface area contributed by atoms with Gasteiger partial charge in [-0.3, -0.25) is 0 Å². The molecule has 6 atom stereocenters. The second-order valence-corrected chi connectivity index (χ2v) is 9.93. The zero-order valence-corrected chi connectivity index (χ0v) is 24.4. The number of unbranched alkanes of at least 4 members (excludes halogenated alkanes) is 2. The Labute approximate surface area is 238 Å². The van der Waals surface area contributed by atoms with Gasteiger partial charge in [-0.15, -0.1) is 0 Å². The molecule has 0 fully saturated rings. The van der Waals surface area contributed by atoms with Crippen LogP contribution in [0.5, 0.6) is 0 Å². The van der Waals surface area contributed by atoms with Gasteiger partial charge in [0.1, 0.15) is 24.4 Å². The average Bonchev–Trinajstić information content (AvgIpc) is 2.99. The smallest absolute Gasteiger partial charge is 0.339 e. The van der Waals surface area contributed by atoms with Crippen LogP contribution in [0.2, 0.25) is 0 Å². The third-order valence-electron chi connectivity index (χ3n) is 6.77. The molecule has 1 aromatic rings. The number of rotatable bonds is 19. The molecular formula is C30H50O10. The van der Waals surface area contributed by atoms with E-state index in [0.29, 0.717) is 36.2 Å². The van der Waals surface area contributed by atoms with E-state index in [1.54, 1.807) is 24.3 Å². The van der Waals surface area contributed by atoms with Crippen molar-refractivity contribution in [3.8, 4) is 0 Å². The molecule has 0 bridgehead atoms. The van der Waals surface area contributed by atoms with Crippen molar-refractivity contribution in [2.75, 3.05) is 19.8 Å². The zero-order chi connectivity index (χ0) is 30.5. The van der Waals surface area contributed by atoms with Crippen molar-refractivity contribution < 1.29 is 49.4 Å². The Balaban J connectivity index is 0.00000106. The lowest BCUT2D eigenvalue weighted by Gasteiger charge is -2.22. The molecule has 0 saturated carbocycles. The van der Waals surface area contributed by atoms with Crippen molar-refractivity contribution in [1.82, 2.24) is 0 Å². The number of hydrogen-bond donors (Lipinski definition) is 5. The molecule has 0 saturated heterocycles. The number of carbonyl (C=O) groups is 3. The fourth-order valence-electron chi connectivity index (χ4n) is 3.80.